The topological polar surface area (TPSA) is 75.7 Å². The number of benzene rings is 1. The van der Waals surface area contributed by atoms with E-state index in [2.05, 4.69) is 4.72 Å². The van der Waals surface area contributed by atoms with Gasteiger partial charge in [-0.3, -0.25) is 4.79 Å². The van der Waals surface area contributed by atoms with Crippen molar-refractivity contribution in [2.24, 2.45) is 5.92 Å². The van der Waals surface area contributed by atoms with E-state index in [1.165, 1.54) is 57.8 Å². The predicted molar refractivity (Wildman–Crippen MR) is 118 cm³/mol. The van der Waals surface area contributed by atoms with Gasteiger partial charge in [-0.1, -0.05) is 51.4 Å². The van der Waals surface area contributed by atoms with Gasteiger partial charge in [-0.05, 0) is 43.4 Å². The molecule has 1 heterocycles. The fraction of sp³-hybridized carbons (Fsp3) is 0.696. The molecular weight excluding hydrogens is 400 g/mol. The summed E-state index contributed by atoms with van der Waals surface area (Å²) in [6, 6.07) is 4.58. The zero-order chi connectivity index (χ0) is 21.4. The van der Waals surface area contributed by atoms with Gasteiger partial charge in [0.25, 0.3) is 5.91 Å². The lowest BCUT2D eigenvalue weighted by Gasteiger charge is -2.22. The van der Waals surface area contributed by atoms with Crippen LogP contribution in [0.3, 0.4) is 0 Å². The van der Waals surface area contributed by atoms with Crippen molar-refractivity contribution in [1.82, 2.24) is 9.62 Å². The first-order valence-corrected chi connectivity index (χ1v) is 13.0. The Morgan fingerprint density at radius 1 is 1.03 bits per heavy atom. The minimum absolute atomic E-state index is 0.127. The average Bonchev–Trinajstić information content (AvgIpc) is 3.18. The van der Waals surface area contributed by atoms with Crippen molar-refractivity contribution < 1.29 is 17.9 Å². The summed E-state index contributed by atoms with van der Waals surface area (Å²) in [4.78, 5) is 15.0. The minimum Gasteiger partial charge on any atom is -0.496 e. The number of amides is 1. The molecule has 30 heavy (non-hydrogen) atoms. The summed E-state index contributed by atoms with van der Waals surface area (Å²) >= 11 is 0. The highest BCUT2D eigenvalue weighted by Crippen LogP contribution is 2.27. The lowest BCUT2D eigenvalue weighted by Crippen LogP contribution is -2.32. The second-order valence-corrected chi connectivity index (χ2v) is 10.4. The lowest BCUT2D eigenvalue weighted by atomic mass is 9.97. The Morgan fingerprint density at radius 2 is 1.67 bits per heavy atom. The van der Waals surface area contributed by atoms with Crippen molar-refractivity contribution in [2.45, 2.75) is 75.5 Å². The first-order valence-electron chi connectivity index (χ1n) is 11.5. The van der Waals surface area contributed by atoms with Crippen molar-refractivity contribution in [1.29, 1.82) is 0 Å². The average molecular weight is 437 g/mol. The molecule has 0 spiro atoms. The number of hydrogen-bond acceptors (Lipinski definition) is 4. The standard InChI is InChI=1S/C23H36N2O4S/c1-29-22-13-12-20(18-21(22)23(26)25-16-8-4-5-9-17-25)30(27,28)24-15-14-19-10-6-2-3-7-11-19/h12-13,18-19,24H,2-11,14-17H2,1H3. The van der Waals surface area contributed by atoms with Gasteiger partial charge >= 0.3 is 0 Å². The highest BCUT2D eigenvalue weighted by atomic mass is 32.2. The van der Waals surface area contributed by atoms with E-state index in [1.54, 1.807) is 6.07 Å². The molecule has 0 bridgehead atoms. The molecule has 6 nitrogen and oxygen atoms in total. The molecule has 1 aliphatic carbocycles. The molecule has 3 rings (SSSR count). The van der Waals surface area contributed by atoms with E-state index in [0.29, 0.717) is 36.9 Å². The Bertz CT molecular complexity index is 793. The number of nitrogens with zero attached hydrogens (tertiary/aromatic N) is 1. The smallest absolute Gasteiger partial charge is 0.257 e. The van der Waals surface area contributed by atoms with Crippen LogP contribution in [0.5, 0.6) is 5.75 Å². The minimum atomic E-state index is -3.67. The summed E-state index contributed by atoms with van der Waals surface area (Å²) in [5, 5.41) is 0. The van der Waals surface area contributed by atoms with Crippen LogP contribution in [0.4, 0.5) is 0 Å². The number of rotatable bonds is 7. The predicted octanol–water partition coefficient (Wildman–Crippen LogP) is 4.35. The van der Waals surface area contributed by atoms with E-state index < -0.39 is 10.0 Å². The summed E-state index contributed by atoms with van der Waals surface area (Å²) in [5.74, 6) is 0.872. The molecule has 1 amide bonds. The van der Waals surface area contributed by atoms with Crippen LogP contribution in [0.25, 0.3) is 0 Å². The molecule has 1 aliphatic heterocycles. The van der Waals surface area contributed by atoms with Gasteiger partial charge in [-0.15, -0.1) is 0 Å². The number of carbonyl (C=O) groups excluding carboxylic acids is 1. The van der Waals surface area contributed by atoms with E-state index in [9.17, 15) is 13.2 Å². The van der Waals surface area contributed by atoms with E-state index in [4.69, 9.17) is 4.74 Å². The van der Waals surface area contributed by atoms with Gasteiger partial charge in [0, 0.05) is 19.6 Å². The zero-order valence-corrected chi connectivity index (χ0v) is 19.0. The van der Waals surface area contributed by atoms with Crippen LogP contribution in [0.1, 0.15) is 81.0 Å². The lowest BCUT2D eigenvalue weighted by molar-refractivity contribution is 0.0758. The van der Waals surface area contributed by atoms with Crippen LogP contribution >= 0.6 is 0 Å². The molecule has 1 saturated heterocycles. The molecule has 0 unspecified atom stereocenters. The summed E-state index contributed by atoms with van der Waals surface area (Å²) < 4.78 is 33.8. The molecule has 168 valence electrons. The molecule has 1 aromatic carbocycles. The third-order valence-corrected chi connectivity index (χ3v) is 7.88. The first kappa shape index (κ1) is 23.1. The van der Waals surface area contributed by atoms with Crippen molar-refractivity contribution in [2.75, 3.05) is 26.7 Å². The van der Waals surface area contributed by atoms with Crippen LogP contribution in [0.15, 0.2) is 23.1 Å². The highest BCUT2D eigenvalue weighted by Gasteiger charge is 2.24. The first-order chi connectivity index (χ1) is 14.5. The Kier molecular flexibility index (Phi) is 8.57. The van der Waals surface area contributed by atoms with Gasteiger partial charge in [0.1, 0.15) is 5.75 Å². The van der Waals surface area contributed by atoms with Crippen LogP contribution in [-0.4, -0.2) is 46.0 Å². The second-order valence-electron chi connectivity index (χ2n) is 8.61. The monoisotopic (exact) mass is 436 g/mol. The quantitative estimate of drug-likeness (QED) is 0.645. The molecule has 7 heteroatoms. The van der Waals surface area contributed by atoms with Crippen LogP contribution in [0, 0.1) is 5.92 Å². The number of nitrogens with one attached hydrogen (secondary N) is 1. The van der Waals surface area contributed by atoms with E-state index in [1.807, 2.05) is 4.90 Å². The Hall–Kier alpha value is -1.60. The van der Waals surface area contributed by atoms with Gasteiger partial charge in [0.05, 0.1) is 17.6 Å². The molecule has 2 fully saturated rings. The Labute approximate surface area is 181 Å². The maximum absolute atomic E-state index is 13.1. The summed E-state index contributed by atoms with van der Waals surface area (Å²) in [7, 11) is -2.16. The number of carbonyl (C=O) groups is 1. The third kappa shape index (κ3) is 6.20. The zero-order valence-electron chi connectivity index (χ0n) is 18.2. The normalized spacial score (nSPS) is 19.2. The van der Waals surface area contributed by atoms with E-state index in [0.717, 1.165) is 32.1 Å². The van der Waals surface area contributed by atoms with Gasteiger partial charge in [0.2, 0.25) is 10.0 Å². The fourth-order valence-electron chi connectivity index (χ4n) is 4.60. The molecule has 1 saturated carbocycles. The molecule has 1 aromatic rings. The Balaban J connectivity index is 1.69. The van der Waals surface area contributed by atoms with Crippen molar-refractivity contribution in [3.63, 3.8) is 0 Å². The Morgan fingerprint density at radius 3 is 2.30 bits per heavy atom. The SMILES string of the molecule is COc1ccc(S(=O)(=O)NCCC2CCCCCC2)cc1C(=O)N1CCCCCC1. The fourth-order valence-corrected chi connectivity index (χ4v) is 5.67. The van der Waals surface area contributed by atoms with Gasteiger partial charge in [-0.2, -0.15) is 0 Å². The number of sulfonamides is 1. The largest absolute Gasteiger partial charge is 0.496 e. The molecular formula is C23H36N2O4S. The van der Waals surface area contributed by atoms with Gasteiger partial charge in [0.15, 0.2) is 0 Å². The van der Waals surface area contributed by atoms with Crippen LogP contribution in [-0.2, 0) is 10.0 Å². The van der Waals surface area contributed by atoms with E-state index in [-0.39, 0.29) is 10.8 Å². The maximum atomic E-state index is 13.1. The molecule has 0 radical (unpaired) electrons. The van der Waals surface area contributed by atoms with Crippen molar-refractivity contribution in [3.8, 4) is 5.75 Å². The highest BCUT2D eigenvalue weighted by molar-refractivity contribution is 7.89. The number of methoxy groups -OCH3 is 1. The van der Waals surface area contributed by atoms with Crippen LogP contribution < -0.4 is 9.46 Å². The number of ether oxygens (including phenoxy) is 1. The summed E-state index contributed by atoms with van der Waals surface area (Å²) in [6.45, 7) is 1.85. The molecule has 0 atom stereocenters. The second kappa shape index (κ2) is 11.1. The number of likely N-dealkylation sites (tertiary alicyclic amines) is 1. The molecule has 1 N–H and O–H groups in total. The van der Waals surface area contributed by atoms with Crippen molar-refractivity contribution >= 4 is 15.9 Å². The summed E-state index contributed by atoms with van der Waals surface area (Å²) in [6.07, 6.45) is 12.6. The summed E-state index contributed by atoms with van der Waals surface area (Å²) in [5.41, 5.74) is 0.325. The van der Waals surface area contributed by atoms with E-state index >= 15 is 0 Å². The van der Waals surface area contributed by atoms with Crippen molar-refractivity contribution in [3.05, 3.63) is 23.8 Å². The van der Waals surface area contributed by atoms with Gasteiger partial charge < -0.3 is 9.64 Å². The third-order valence-electron chi connectivity index (χ3n) is 6.42. The van der Waals surface area contributed by atoms with Gasteiger partial charge in [-0.25, -0.2) is 13.1 Å². The van der Waals surface area contributed by atoms with Crippen LogP contribution in [0.2, 0.25) is 0 Å². The molecule has 0 aromatic heterocycles. The molecule has 2 aliphatic rings. The number of hydrogen-bond donors (Lipinski definition) is 1. The maximum Gasteiger partial charge on any atom is 0.257 e.